The van der Waals surface area contributed by atoms with Gasteiger partial charge in [-0.05, 0) is 25.5 Å². The number of amides is 1. The number of carbonyl (C=O) groups excluding carboxylic acids is 1. The van der Waals surface area contributed by atoms with Gasteiger partial charge in [-0.3, -0.25) is 13.9 Å². The second-order valence-corrected chi connectivity index (χ2v) is 6.52. The fourth-order valence-electron chi connectivity index (χ4n) is 2.73. The summed E-state index contributed by atoms with van der Waals surface area (Å²) < 4.78 is 3.45. The second-order valence-electron chi connectivity index (χ2n) is 5.67. The van der Waals surface area contributed by atoms with Gasteiger partial charge in [0.05, 0.1) is 16.7 Å². The van der Waals surface area contributed by atoms with E-state index in [1.165, 1.54) is 11.3 Å². The van der Waals surface area contributed by atoms with Crippen LogP contribution in [0.25, 0.3) is 11.0 Å². The summed E-state index contributed by atoms with van der Waals surface area (Å²) in [6.45, 7) is 4.96. The van der Waals surface area contributed by atoms with Crippen LogP contribution in [0.2, 0.25) is 0 Å². The van der Waals surface area contributed by atoms with Crippen molar-refractivity contribution in [3.8, 4) is 0 Å². The Morgan fingerprint density at radius 3 is 2.46 bits per heavy atom. The van der Waals surface area contributed by atoms with Gasteiger partial charge in [-0.1, -0.05) is 19.1 Å². The third-order valence-corrected chi connectivity index (χ3v) is 4.68. The number of rotatable bonds is 6. The maximum atomic E-state index is 12.6. The lowest BCUT2D eigenvalue weighted by Crippen LogP contribution is -2.26. The summed E-state index contributed by atoms with van der Waals surface area (Å²) in [7, 11) is 0. The Morgan fingerprint density at radius 1 is 1.21 bits per heavy atom. The summed E-state index contributed by atoms with van der Waals surface area (Å²) in [5.74, 6) is -0.136. The Bertz CT molecular complexity index is 922. The number of thiazole rings is 1. The maximum absolute atomic E-state index is 12.6. The highest BCUT2D eigenvalue weighted by Gasteiger charge is 2.13. The highest BCUT2D eigenvalue weighted by molar-refractivity contribution is 7.13. The van der Waals surface area contributed by atoms with Crippen LogP contribution in [-0.2, 0) is 17.9 Å². The minimum absolute atomic E-state index is 0.0593. The van der Waals surface area contributed by atoms with E-state index in [-0.39, 0.29) is 18.0 Å². The molecule has 0 saturated carbocycles. The van der Waals surface area contributed by atoms with Crippen LogP contribution < -0.4 is 11.0 Å². The van der Waals surface area contributed by atoms with Crippen molar-refractivity contribution < 1.29 is 4.79 Å². The molecule has 126 valence electrons. The largest absolute Gasteiger partial charge is 0.329 e. The highest BCUT2D eigenvalue weighted by atomic mass is 32.1. The Morgan fingerprint density at radius 2 is 1.88 bits per heavy atom. The van der Waals surface area contributed by atoms with E-state index in [0.29, 0.717) is 18.2 Å². The van der Waals surface area contributed by atoms with Gasteiger partial charge in [-0.15, -0.1) is 11.3 Å². The number of benzene rings is 1. The standard InChI is InChI=1S/C17H20N4O2S/c1-3-9-20-13-6-4-5-7-14(13)21(17(20)23)10-8-15(22)19-16-18-12(2)11-24-16/h4-7,11H,3,8-10H2,1-2H3,(H,18,19,22). The molecule has 1 amide bonds. The number of nitrogens with one attached hydrogen (secondary N) is 1. The first kappa shape index (κ1) is 16.4. The average Bonchev–Trinajstić information content (AvgIpc) is 3.08. The van der Waals surface area contributed by atoms with E-state index in [0.717, 1.165) is 23.1 Å². The Kier molecular flexibility index (Phi) is 4.80. The molecule has 1 N–H and O–H groups in total. The van der Waals surface area contributed by atoms with Crippen molar-refractivity contribution >= 4 is 33.4 Å². The third kappa shape index (κ3) is 3.26. The van der Waals surface area contributed by atoms with Gasteiger partial charge in [0.2, 0.25) is 5.91 Å². The SMILES string of the molecule is CCCn1c(=O)n(CCC(=O)Nc2nc(C)cs2)c2ccccc21. The van der Waals surface area contributed by atoms with Crippen LogP contribution in [-0.4, -0.2) is 20.0 Å². The molecule has 3 rings (SSSR count). The minimum Gasteiger partial charge on any atom is -0.302 e. The maximum Gasteiger partial charge on any atom is 0.329 e. The first-order valence-corrected chi connectivity index (χ1v) is 8.88. The van der Waals surface area contributed by atoms with Crippen molar-refractivity contribution in [2.45, 2.75) is 39.8 Å². The number of aryl methyl sites for hydroxylation is 3. The van der Waals surface area contributed by atoms with Crippen LogP contribution in [0.3, 0.4) is 0 Å². The fraction of sp³-hybridized carbons (Fsp3) is 0.353. The molecule has 3 aromatic rings. The zero-order chi connectivity index (χ0) is 17.1. The van der Waals surface area contributed by atoms with Crippen LogP contribution in [0.15, 0.2) is 34.4 Å². The molecule has 2 heterocycles. The molecule has 2 aromatic heterocycles. The summed E-state index contributed by atoms with van der Waals surface area (Å²) in [5, 5.41) is 5.26. The smallest absolute Gasteiger partial charge is 0.302 e. The lowest BCUT2D eigenvalue weighted by molar-refractivity contribution is -0.116. The number of anilines is 1. The molecular formula is C17H20N4O2S. The van der Waals surface area contributed by atoms with Gasteiger partial charge < -0.3 is 5.32 Å². The second kappa shape index (κ2) is 7.00. The van der Waals surface area contributed by atoms with E-state index < -0.39 is 0 Å². The van der Waals surface area contributed by atoms with Crippen LogP contribution in [0.5, 0.6) is 0 Å². The molecule has 0 radical (unpaired) electrons. The molecule has 0 saturated heterocycles. The quantitative estimate of drug-likeness (QED) is 0.747. The Balaban J connectivity index is 1.78. The molecule has 0 bridgehead atoms. The topological polar surface area (TPSA) is 68.9 Å². The predicted molar refractivity (Wildman–Crippen MR) is 96.6 cm³/mol. The van der Waals surface area contributed by atoms with Gasteiger partial charge in [0, 0.05) is 24.9 Å². The van der Waals surface area contributed by atoms with Crippen LogP contribution in [0.4, 0.5) is 5.13 Å². The number of imidazole rings is 1. The van der Waals surface area contributed by atoms with Gasteiger partial charge in [-0.25, -0.2) is 9.78 Å². The average molecular weight is 344 g/mol. The number of hydrogen-bond donors (Lipinski definition) is 1. The van der Waals surface area contributed by atoms with Crippen LogP contribution >= 0.6 is 11.3 Å². The van der Waals surface area contributed by atoms with Crippen molar-refractivity contribution in [2.24, 2.45) is 0 Å². The summed E-state index contributed by atoms with van der Waals surface area (Å²) in [6.07, 6.45) is 1.12. The van der Waals surface area contributed by atoms with E-state index in [4.69, 9.17) is 0 Å². The van der Waals surface area contributed by atoms with Gasteiger partial charge >= 0.3 is 5.69 Å². The number of carbonyl (C=O) groups is 1. The van der Waals surface area contributed by atoms with Crippen molar-refractivity contribution in [1.29, 1.82) is 0 Å². The number of aromatic nitrogens is 3. The molecular weight excluding hydrogens is 324 g/mol. The highest BCUT2D eigenvalue weighted by Crippen LogP contribution is 2.16. The zero-order valence-electron chi connectivity index (χ0n) is 13.8. The number of nitrogens with zero attached hydrogens (tertiary/aromatic N) is 3. The third-order valence-electron chi connectivity index (χ3n) is 3.80. The molecule has 0 spiro atoms. The van der Waals surface area contributed by atoms with E-state index >= 15 is 0 Å². The van der Waals surface area contributed by atoms with Crippen molar-refractivity contribution in [3.05, 3.63) is 45.8 Å². The van der Waals surface area contributed by atoms with E-state index in [2.05, 4.69) is 10.3 Å². The van der Waals surface area contributed by atoms with Gasteiger partial charge in [0.15, 0.2) is 5.13 Å². The first-order chi connectivity index (χ1) is 11.6. The first-order valence-electron chi connectivity index (χ1n) is 8.00. The Hall–Kier alpha value is -2.41. The minimum atomic E-state index is -0.136. The van der Waals surface area contributed by atoms with Gasteiger partial charge in [0.1, 0.15) is 0 Å². The molecule has 7 heteroatoms. The van der Waals surface area contributed by atoms with Crippen molar-refractivity contribution in [2.75, 3.05) is 5.32 Å². The van der Waals surface area contributed by atoms with Gasteiger partial charge in [0.25, 0.3) is 0 Å². The molecule has 1 aromatic carbocycles. The zero-order valence-corrected chi connectivity index (χ0v) is 14.6. The van der Waals surface area contributed by atoms with Crippen molar-refractivity contribution in [1.82, 2.24) is 14.1 Å². The van der Waals surface area contributed by atoms with E-state index in [1.807, 2.05) is 43.5 Å². The molecule has 6 nitrogen and oxygen atoms in total. The van der Waals surface area contributed by atoms with Crippen LogP contribution in [0, 0.1) is 6.92 Å². The number of para-hydroxylation sites is 2. The Labute approximate surface area is 143 Å². The molecule has 24 heavy (non-hydrogen) atoms. The van der Waals surface area contributed by atoms with Crippen LogP contribution in [0.1, 0.15) is 25.5 Å². The normalized spacial score (nSPS) is 11.1. The van der Waals surface area contributed by atoms with Crippen molar-refractivity contribution in [3.63, 3.8) is 0 Å². The predicted octanol–water partition coefficient (Wildman–Crippen LogP) is 3.01. The van der Waals surface area contributed by atoms with E-state index in [9.17, 15) is 9.59 Å². The molecule has 0 aliphatic carbocycles. The summed E-state index contributed by atoms with van der Waals surface area (Å²) in [4.78, 5) is 29.0. The summed E-state index contributed by atoms with van der Waals surface area (Å²) in [5.41, 5.74) is 2.61. The summed E-state index contributed by atoms with van der Waals surface area (Å²) >= 11 is 1.40. The lowest BCUT2D eigenvalue weighted by Gasteiger charge is -2.03. The molecule has 0 fully saturated rings. The molecule has 0 aliphatic rings. The van der Waals surface area contributed by atoms with Gasteiger partial charge in [-0.2, -0.15) is 0 Å². The van der Waals surface area contributed by atoms with E-state index in [1.54, 1.807) is 9.13 Å². The summed E-state index contributed by atoms with van der Waals surface area (Å²) in [6, 6.07) is 7.70. The number of fused-ring (bicyclic) bond motifs is 1. The lowest BCUT2D eigenvalue weighted by atomic mass is 10.3. The molecule has 0 atom stereocenters. The monoisotopic (exact) mass is 344 g/mol. The molecule has 0 aliphatic heterocycles. The fourth-order valence-corrected chi connectivity index (χ4v) is 3.44. The number of hydrogen-bond acceptors (Lipinski definition) is 4. The molecule has 0 unspecified atom stereocenters.